The molecule has 2 heterocycles. The molecule has 2 aromatic heterocycles. The molecule has 0 aliphatic carbocycles. The standard InChI is InChI=1S/C22H20BrN3OS/c1-14-25-18(13-28-14)16-9-7-15(8-10-16)11-12-24-22(27)21-20(23)17-5-3-4-6-19(17)26(21)2/h3-10,13H,11-12H2,1-2H3,(H,24,27). The SMILES string of the molecule is Cc1nc(-c2ccc(CCNC(=O)c3c(Br)c4ccccc4n3C)cc2)cs1. The highest BCUT2D eigenvalue weighted by Crippen LogP contribution is 2.30. The third-order valence-electron chi connectivity index (χ3n) is 4.83. The Kier molecular flexibility index (Phi) is 5.33. The van der Waals surface area contributed by atoms with Crippen LogP contribution in [0.15, 0.2) is 58.4 Å². The predicted octanol–water partition coefficient (Wildman–Crippen LogP) is 5.35. The fourth-order valence-electron chi connectivity index (χ4n) is 3.34. The normalized spacial score (nSPS) is 11.1. The van der Waals surface area contributed by atoms with Gasteiger partial charge in [-0.3, -0.25) is 4.79 Å². The van der Waals surface area contributed by atoms with Gasteiger partial charge in [0.25, 0.3) is 5.91 Å². The van der Waals surface area contributed by atoms with Crippen LogP contribution < -0.4 is 5.32 Å². The number of fused-ring (bicyclic) bond motifs is 1. The van der Waals surface area contributed by atoms with Gasteiger partial charge < -0.3 is 9.88 Å². The molecular formula is C22H20BrN3OS. The highest BCUT2D eigenvalue weighted by Gasteiger charge is 2.18. The fraction of sp³-hybridized carbons (Fsp3) is 0.182. The van der Waals surface area contributed by atoms with E-state index in [1.165, 1.54) is 5.56 Å². The lowest BCUT2D eigenvalue weighted by atomic mass is 10.1. The van der Waals surface area contributed by atoms with E-state index in [0.29, 0.717) is 12.2 Å². The number of aryl methyl sites for hydroxylation is 2. The summed E-state index contributed by atoms with van der Waals surface area (Å²) < 4.78 is 2.77. The molecule has 4 rings (SSSR count). The largest absolute Gasteiger partial charge is 0.350 e. The van der Waals surface area contributed by atoms with Gasteiger partial charge in [0.15, 0.2) is 0 Å². The molecule has 142 valence electrons. The average molecular weight is 454 g/mol. The zero-order chi connectivity index (χ0) is 19.7. The maximum Gasteiger partial charge on any atom is 0.269 e. The molecule has 6 heteroatoms. The molecule has 0 saturated heterocycles. The first-order valence-electron chi connectivity index (χ1n) is 9.07. The number of hydrogen-bond acceptors (Lipinski definition) is 3. The van der Waals surface area contributed by atoms with Crippen molar-refractivity contribution >= 4 is 44.1 Å². The second kappa shape index (κ2) is 7.89. The third-order valence-corrected chi connectivity index (χ3v) is 6.40. The van der Waals surface area contributed by atoms with Gasteiger partial charge >= 0.3 is 0 Å². The topological polar surface area (TPSA) is 46.9 Å². The van der Waals surface area contributed by atoms with E-state index in [9.17, 15) is 4.79 Å². The monoisotopic (exact) mass is 453 g/mol. The van der Waals surface area contributed by atoms with Crippen LogP contribution in [0.3, 0.4) is 0 Å². The van der Waals surface area contributed by atoms with Crippen molar-refractivity contribution < 1.29 is 4.79 Å². The summed E-state index contributed by atoms with van der Waals surface area (Å²) in [6.45, 7) is 2.60. The zero-order valence-electron chi connectivity index (χ0n) is 15.7. The molecule has 0 bridgehead atoms. The summed E-state index contributed by atoms with van der Waals surface area (Å²) in [4.78, 5) is 17.2. The van der Waals surface area contributed by atoms with E-state index in [4.69, 9.17) is 0 Å². The molecule has 1 amide bonds. The van der Waals surface area contributed by atoms with Crippen molar-refractivity contribution in [3.8, 4) is 11.3 Å². The lowest BCUT2D eigenvalue weighted by molar-refractivity contribution is 0.0945. The highest BCUT2D eigenvalue weighted by molar-refractivity contribution is 9.10. The van der Waals surface area contributed by atoms with Crippen molar-refractivity contribution in [1.82, 2.24) is 14.9 Å². The number of carbonyl (C=O) groups is 1. The van der Waals surface area contributed by atoms with Crippen LogP contribution in [0.4, 0.5) is 0 Å². The van der Waals surface area contributed by atoms with Gasteiger partial charge in [0.2, 0.25) is 0 Å². The molecule has 0 radical (unpaired) electrons. The van der Waals surface area contributed by atoms with Gasteiger partial charge in [-0.25, -0.2) is 4.98 Å². The molecule has 0 aliphatic rings. The molecule has 4 nitrogen and oxygen atoms in total. The van der Waals surface area contributed by atoms with Crippen LogP contribution in [0, 0.1) is 6.92 Å². The number of halogens is 1. The van der Waals surface area contributed by atoms with Gasteiger partial charge in [0, 0.05) is 35.4 Å². The van der Waals surface area contributed by atoms with Crippen LogP contribution in [0.25, 0.3) is 22.2 Å². The Morgan fingerprint density at radius 1 is 1.18 bits per heavy atom. The van der Waals surface area contributed by atoms with Crippen LogP contribution in [0.5, 0.6) is 0 Å². The number of hydrogen-bond donors (Lipinski definition) is 1. The summed E-state index contributed by atoms with van der Waals surface area (Å²) in [5, 5.41) is 7.23. The minimum Gasteiger partial charge on any atom is -0.350 e. The Bertz CT molecular complexity index is 1110. The zero-order valence-corrected chi connectivity index (χ0v) is 18.1. The van der Waals surface area contributed by atoms with Gasteiger partial charge in [0.05, 0.1) is 15.2 Å². The number of nitrogens with zero attached hydrogens (tertiary/aromatic N) is 2. The summed E-state index contributed by atoms with van der Waals surface area (Å²) in [5.41, 5.74) is 5.01. The van der Waals surface area contributed by atoms with Crippen molar-refractivity contribution in [3.05, 3.63) is 74.6 Å². The molecule has 0 fully saturated rings. The Labute approximate surface area is 176 Å². The Morgan fingerprint density at radius 2 is 1.93 bits per heavy atom. The number of nitrogens with one attached hydrogen (secondary N) is 1. The number of carbonyl (C=O) groups excluding carboxylic acids is 1. The smallest absolute Gasteiger partial charge is 0.269 e. The number of aromatic nitrogens is 2. The highest BCUT2D eigenvalue weighted by atomic mass is 79.9. The Hall–Kier alpha value is -2.44. The molecule has 28 heavy (non-hydrogen) atoms. The fourth-order valence-corrected chi connectivity index (χ4v) is 4.74. The molecule has 0 aliphatic heterocycles. The van der Waals surface area contributed by atoms with E-state index < -0.39 is 0 Å². The minimum absolute atomic E-state index is 0.0693. The van der Waals surface area contributed by atoms with Crippen LogP contribution in [-0.2, 0) is 13.5 Å². The van der Waals surface area contributed by atoms with Gasteiger partial charge in [0.1, 0.15) is 5.69 Å². The molecule has 0 spiro atoms. The molecular weight excluding hydrogens is 434 g/mol. The first-order chi connectivity index (χ1) is 13.5. The van der Waals surface area contributed by atoms with Crippen LogP contribution in [0.1, 0.15) is 21.1 Å². The molecule has 0 unspecified atom stereocenters. The summed E-state index contributed by atoms with van der Waals surface area (Å²) >= 11 is 5.24. The van der Waals surface area contributed by atoms with Crippen molar-refractivity contribution in [2.45, 2.75) is 13.3 Å². The maximum absolute atomic E-state index is 12.7. The van der Waals surface area contributed by atoms with E-state index in [1.807, 2.05) is 42.8 Å². The van der Waals surface area contributed by atoms with E-state index in [1.54, 1.807) is 11.3 Å². The Morgan fingerprint density at radius 3 is 2.61 bits per heavy atom. The second-order valence-corrected chi connectivity index (χ2v) is 8.55. The van der Waals surface area contributed by atoms with Crippen molar-refractivity contribution in [1.29, 1.82) is 0 Å². The maximum atomic E-state index is 12.7. The van der Waals surface area contributed by atoms with Crippen LogP contribution in [-0.4, -0.2) is 22.0 Å². The third kappa shape index (κ3) is 3.62. The van der Waals surface area contributed by atoms with Crippen molar-refractivity contribution in [2.24, 2.45) is 7.05 Å². The number of rotatable bonds is 5. The van der Waals surface area contributed by atoms with Gasteiger partial charge in [-0.15, -0.1) is 11.3 Å². The van der Waals surface area contributed by atoms with E-state index in [-0.39, 0.29) is 5.91 Å². The lowest BCUT2D eigenvalue weighted by Crippen LogP contribution is -2.27. The van der Waals surface area contributed by atoms with Gasteiger partial charge in [-0.05, 0) is 40.9 Å². The van der Waals surface area contributed by atoms with Crippen molar-refractivity contribution in [2.75, 3.05) is 6.54 Å². The molecule has 1 N–H and O–H groups in total. The minimum atomic E-state index is -0.0693. The van der Waals surface area contributed by atoms with Gasteiger partial charge in [-0.1, -0.05) is 42.5 Å². The molecule has 4 aromatic rings. The quantitative estimate of drug-likeness (QED) is 0.442. The summed E-state index contributed by atoms with van der Waals surface area (Å²) in [6, 6.07) is 16.4. The predicted molar refractivity (Wildman–Crippen MR) is 119 cm³/mol. The summed E-state index contributed by atoms with van der Waals surface area (Å²) in [7, 11) is 1.92. The van der Waals surface area contributed by atoms with Gasteiger partial charge in [-0.2, -0.15) is 0 Å². The number of thiazole rings is 1. The summed E-state index contributed by atoms with van der Waals surface area (Å²) in [5.74, 6) is -0.0693. The number of para-hydroxylation sites is 1. The second-order valence-electron chi connectivity index (χ2n) is 6.69. The lowest BCUT2D eigenvalue weighted by Gasteiger charge is -2.08. The average Bonchev–Trinajstić information content (AvgIpc) is 3.24. The van der Waals surface area contributed by atoms with Crippen LogP contribution >= 0.6 is 27.3 Å². The first kappa shape index (κ1) is 18.9. The van der Waals surface area contributed by atoms with Crippen molar-refractivity contribution in [3.63, 3.8) is 0 Å². The number of benzene rings is 2. The summed E-state index contributed by atoms with van der Waals surface area (Å²) in [6.07, 6.45) is 0.781. The molecule has 0 saturated carbocycles. The Balaban J connectivity index is 1.41. The van der Waals surface area contributed by atoms with Crippen LogP contribution in [0.2, 0.25) is 0 Å². The molecule has 2 aromatic carbocycles. The van der Waals surface area contributed by atoms with E-state index in [0.717, 1.165) is 38.1 Å². The van der Waals surface area contributed by atoms with E-state index >= 15 is 0 Å². The molecule has 0 atom stereocenters. The first-order valence-corrected chi connectivity index (χ1v) is 10.7. The number of amides is 1. The van der Waals surface area contributed by atoms with E-state index in [2.05, 4.69) is 55.9 Å².